The van der Waals surface area contributed by atoms with Crippen LogP contribution in [0.15, 0.2) is 29.4 Å². The lowest BCUT2D eigenvalue weighted by molar-refractivity contribution is -0.123. The number of benzene rings is 1. The molecule has 1 aromatic heterocycles. The molecule has 4 rings (SSSR count). The largest absolute Gasteiger partial charge is 0.341 e. The molecule has 1 aliphatic heterocycles. The lowest BCUT2D eigenvalue weighted by Gasteiger charge is -2.31. The van der Waals surface area contributed by atoms with Gasteiger partial charge >= 0.3 is 0 Å². The lowest BCUT2D eigenvalue weighted by Crippen LogP contribution is -2.34. The zero-order valence-corrected chi connectivity index (χ0v) is 21.1. The summed E-state index contributed by atoms with van der Waals surface area (Å²) >= 11 is 1.49. The summed E-state index contributed by atoms with van der Waals surface area (Å²) in [5, 5.41) is 12.5. The topological polar surface area (TPSA) is 80.1 Å². The lowest BCUT2D eigenvalue weighted by atomic mass is 9.95. The first-order chi connectivity index (χ1) is 15.6. The van der Waals surface area contributed by atoms with Gasteiger partial charge in [0.15, 0.2) is 10.9 Å². The van der Waals surface area contributed by atoms with Crippen molar-refractivity contribution >= 4 is 35.1 Å². The Balaban J connectivity index is 1.43. The van der Waals surface area contributed by atoms with Crippen molar-refractivity contribution in [3.05, 3.63) is 29.8 Å². The minimum Gasteiger partial charge on any atom is -0.341 e. The van der Waals surface area contributed by atoms with Gasteiger partial charge in [-0.1, -0.05) is 39.5 Å². The van der Waals surface area contributed by atoms with E-state index in [-0.39, 0.29) is 16.9 Å². The Kier molecular flexibility index (Phi) is 6.84. The van der Waals surface area contributed by atoms with E-state index in [1.54, 1.807) is 24.3 Å². The molecule has 2 aromatic rings. The predicted octanol–water partition coefficient (Wildman–Crippen LogP) is 5.20. The quantitative estimate of drug-likeness (QED) is 0.444. The molecule has 0 spiro atoms. The molecule has 1 saturated carbocycles. The highest BCUT2D eigenvalue weighted by Crippen LogP contribution is 2.42. The van der Waals surface area contributed by atoms with Gasteiger partial charge in [0.05, 0.1) is 5.25 Å². The maximum Gasteiger partial charge on any atom is 0.229 e. The number of carbonyl (C=O) groups excluding carboxylic acids is 2. The first-order valence-electron chi connectivity index (χ1n) is 12.0. The Morgan fingerprint density at radius 1 is 1.06 bits per heavy atom. The zero-order chi connectivity index (χ0) is 23.8. The fraction of sp³-hybridized carbons (Fsp3) is 0.600. The summed E-state index contributed by atoms with van der Waals surface area (Å²) in [6.45, 7) is 11.9. The summed E-state index contributed by atoms with van der Waals surface area (Å²) in [5.74, 6) is 1.72. The third kappa shape index (κ3) is 5.60. The number of ketones is 1. The molecule has 178 valence electrons. The molecule has 1 unspecified atom stereocenters. The molecule has 1 amide bonds. The van der Waals surface area contributed by atoms with Crippen molar-refractivity contribution in [3.8, 4) is 0 Å². The van der Waals surface area contributed by atoms with Crippen molar-refractivity contribution < 1.29 is 9.59 Å². The van der Waals surface area contributed by atoms with Crippen molar-refractivity contribution in [1.82, 2.24) is 14.8 Å². The second-order valence-corrected chi connectivity index (χ2v) is 11.8. The van der Waals surface area contributed by atoms with Crippen LogP contribution in [0.2, 0.25) is 0 Å². The fourth-order valence-electron chi connectivity index (χ4n) is 3.91. The molecule has 0 bridgehead atoms. The van der Waals surface area contributed by atoms with E-state index in [9.17, 15) is 9.59 Å². The molecule has 2 aliphatic rings. The van der Waals surface area contributed by atoms with E-state index in [2.05, 4.69) is 31.9 Å². The molecule has 33 heavy (non-hydrogen) atoms. The number of carbonyl (C=O) groups is 2. The van der Waals surface area contributed by atoms with E-state index in [0.29, 0.717) is 17.3 Å². The van der Waals surface area contributed by atoms with Gasteiger partial charge in [-0.05, 0) is 62.8 Å². The smallest absolute Gasteiger partial charge is 0.229 e. The molecule has 0 radical (unpaired) electrons. The van der Waals surface area contributed by atoms with Crippen LogP contribution in [-0.2, 0) is 4.79 Å². The molecular weight excluding hydrogens is 434 g/mol. The van der Waals surface area contributed by atoms with Gasteiger partial charge in [0.25, 0.3) is 0 Å². The van der Waals surface area contributed by atoms with Crippen molar-refractivity contribution in [2.75, 3.05) is 23.3 Å². The van der Waals surface area contributed by atoms with Crippen molar-refractivity contribution in [3.63, 3.8) is 0 Å². The van der Waals surface area contributed by atoms with Crippen LogP contribution in [0.3, 0.4) is 0 Å². The predicted molar refractivity (Wildman–Crippen MR) is 133 cm³/mol. The van der Waals surface area contributed by atoms with Crippen LogP contribution in [0, 0.1) is 11.3 Å². The molecule has 1 saturated heterocycles. The van der Waals surface area contributed by atoms with E-state index in [1.807, 2.05) is 27.7 Å². The molecular formula is C25H35N5O2S. The highest BCUT2D eigenvalue weighted by molar-refractivity contribution is 8.00. The molecule has 2 heterocycles. The normalized spacial score (nSPS) is 18.3. The average molecular weight is 470 g/mol. The summed E-state index contributed by atoms with van der Waals surface area (Å²) in [5.41, 5.74) is 0.856. The SMILES string of the molecule is CC1CCN(c2nnc(SC(C)C(=O)c3ccc(NC(=O)C(C)(C)C)cc3)n2C2CC2)CC1. The monoisotopic (exact) mass is 469 g/mol. The van der Waals surface area contributed by atoms with Gasteiger partial charge in [-0.2, -0.15) is 0 Å². The van der Waals surface area contributed by atoms with Crippen LogP contribution in [0.5, 0.6) is 0 Å². The second kappa shape index (κ2) is 9.49. The summed E-state index contributed by atoms with van der Waals surface area (Å²) in [4.78, 5) is 27.6. The molecule has 8 heteroatoms. The number of hydrogen-bond acceptors (Lipinski definition) is 6. The third-order valence-corrected chi connectivity index (χ3v) is 7.44. The number of anilines is 2. The van der Waals surface area contributed by atoms with E-state index in [1.165, 1.54) is 24.6 Å². The molecule has 1 atom stereocenters. The fourth-order valence-corrected chi connectivity index (χ4v) is 4.90. The first-order valence-corrected chi connectivity index (χ1v) is 12.8. The summed E-state index contributed by atoms with van der Waals surface area (Å²) in [7, 11) is 0. The Morgan fingerprint density at radius 3 is 2.27 bits per heavy atom. The van der Waals surface area contributed by atoms with Crippen molar-refractivity contribution in [2.45, 2.75) is 76.8 Å². The third-order valence-electron chi connectivity index (χ3n) is 6.38. The van der Waals surface area contributed by atoms with E-state index < -0.39 is 5.41 Å². The number of nitrogens with zero attached hydrogens (tertiary/aromatic N) is 4. The van der Waals surface area contributed by atoms with Crippen molar-refractivity contribution in [1.29, 1.82) is 0 Å². The van der Waals surface area contributed by atoms with Gasteiger partial charge in [-0.25, -0.2) is 0 Å². The Hall–Kier alpha value is -2.35. The zero-order valence-electron chi connectivity index (χ0n) is 20.3. The molecule has 2 fully saturated rings. The summed E-state index contributed by atoms with van der Waals surface area (Å²) in [6, 6.07) is 7.59. The number of piperidine rings is 1. The maximum absolute atomic E-state index is 13.1. The number of aromatic nitrogens is 3. The standard InChI is InChI=1S/C25H35N5O2S/c1-16-12-14-29(15-13-16)23-27-28-24(30(23)20-10-11-20)33-17(2)21(31)18-6-8-19(9-7-18)26-22(32)25(3,4)5/h6-9,16-17,20H,10-15H2,1-5H3,(H,26,32). The Morgan fingerprint density at radius 2 is 1.70 bits per heavy atom. The first kappa shape index (κ1) is 23.8. The van der Waals surface area contributed by atoms with Crippen LogP contribution in [-0.4, -0.2) is 44.8 Å². The summed E-state index contributed by atoms with van der Waals surface area (Å²) < 4.78 is 2.26. The average Bonchev–Trinajstić information content (AvgIpc) is 3.53. The number of nitrogens with one attached hydrogen (secondary N) is 1. The van der Waals surface area contributed by atoms with Gasteiger partial charge < -0.3 is 10.2 Å². The number of Topliss-reactive ketones (excluding diaryl/α,β-unsaturated/α-hetero) is 1. The second-order valence-electron chi connectivity index (χ2n) is 10.5. The highest BCUT2D eigenvalue weighted by atomic mass is 32.2. The van der Waals surface area contributed by atoms with Gasteiger partial charge in [0, 0.05) is 35.8 Å². The maximum atomic E-state index is 13.1. The Bertz CT molecular complexity index is 999. The highest BCUT2D eigenvalue weighted by Gasteiger charge is 2.33. The van der Waals surface area contributed by atoms with Gasteiger partial charge in [-0.15, -0.1) is 10.2 Å². The van der Waals surface area contributed by atoms with Crippen LogP contribution in [0.4, 0.5) is 11.6 Å². The van der Waals surface area contributed by atoms with Gasteiger partial charge in [0.1, 0.15) is 0 Å². The molecule has 1 aromatic carbocycles. The van der Waals surface area contributed by atoms with Gasteiger partial charge in [-0.3, -0.25) is 14.2 Å². The van der Waals surface area contributed by atoms with Gasteiger partial charge in [0.2, 0.25) is 11.9 Å². The van der Waals surface area contributed by atoms with Crippen LogP contribution >= 0.6 is 11.8 Å². The summed E-state index contributed by atoms with van der Waals surface area (Å²) in [6.07, 6.45) is 4.65. The van der Waals surface area contributed by atoms with Crippen LogP contribution in [0.1, 0.15) is 76.7 Å². The number of thioether (sulfide) groups is 1. The van der Waals surface area contributed by atoms with Crippen LogP contribution in [0.25, 0.3) is 0 Å². The molecule has 1 N–H and O–H groups in total. The number of rotatable bonds is 7. The van der Waals surface area contributed by atoms with E-state index in [0.717, 1.165) is 43.0 Å². The number of amides is 1. The number of hydrogen-bond donors (Lipinski definition) is 1. The van der Waals surface area contributed by atoms with Crippen LogP contribution < -0.4 is 10.2 Å². The Labute approximate surface area is 200 Å². The molecule has 1 aliphatic carbocycles. The van der Waals surface area contributed by atoms with Crippen molar-refractivity contribution in [2.24, 2.45) is 11.3 Å². The minimum atomic E-state index is -0.470. The minimum absolute atomic E-state index is 0.0485. The van der Waals surface area contributed by atoms with E-state index >= 15 is 0 Å². The molecule has 7 nitrogen and oxygen atoms in total. The van der Waals surface area contributed by atoms with E-state index in [4.69, 9.17) is 0 Å².